The van der Waals surface area contributed by atoms with Crippen molar-refractivity contribution in [3.8, 4) is 0 Å². The molecule has 25 heavy (non-hydrogen) atoms. The number of amides is 1. The van der Waals surface area contributed by atoms with Crippen molar-refractivity contribution in [2.24, 2.45) is 0 Å². The molecule has 0 aliphatic rings. The Balaban J connectivity index is 1.91. The summed E-state index contributed by atoms with van der Waals surface area (Å²) in [5, 5.41) is 0.442. The number of benzene rings is 2. The van der Waals surface area contributed by atoms with Crippen LogP contribution in [-0.4, -0.2) is 15.5 Å². The Kier molecular flexibility index (Phi) is 4.42. The van der Waals surface area contributed by atoms with E-state index in [0.29, 0.717) is 17.4 Å². The average Bonchev–Trinajstić information content (AvgIpc) is 2.62. The number of fused-ring (bicyclic) bond motifs is 1. The second-order valence-electron chi connectivity index (χ2n) is 5.21. The number of aromatic nitrogens is 2. The van der Waals surface area contributed by atoms with E-state index < -0.39 is 23.1 Å². The molecule has 1 amide bonds. The second-order valence-corrected chi connectivity index (χ2v) is 5.21. The summed E-state index contributed by atoms with van der Waals surface area (Å²) < 4.78 is 28.2. The normalized spacial score (nSPS) is 10.7. The van der Waals surface area contributed by atoms with Gasteiger partial charge in [0.2, 0.25) is 5.95 Å². The van der Waals surface area contributed by atoms with Crippen LogP contribution in [-0.2, 0) is 6.54 Å². The molecule has 0 aliphatic carbocycles. The lowest BCUT2D eigenvalue weighted by molar-refractivity contribution is 0.0957. The highest BCUT2D eigenvalue weighted by Gasteiger charge is 2.14. The number of nitrogens with one attached hydrogen (secondary N) is 2. The molecule has 0 aliphatic heterocycles. The molecule has 128 valence electrons. The third-order valence-electron chi connectivity index (χ3n) is 3.64. The summed E-state index contributed by atoms with van der Waals surface area (Å²) in [4.78, 5) is 28.8. The minimum Gasteiger partial charge on any atom is -0.277 e. The molecule has 0 unspecified atom stereocenters. The molecule has 0 bridgehead atoms. The lowest BCUT2D eigenvalue weighted by atomic mass is 10.2. The largest absolute Gasteiger partial charge is 0.277 e. The van der Waals surface area contributed by atoms with Gasteiger partial charge in [-0.1, -0.05) is 12.1 Å². The fourth-order valence-electron chi connectivity index (χ4n) is 2.41. The molecule has 2 aromatic carbocycles. The van der Waals surface area contributed by atoms with Crippen LogP contribution in [0.15, 0.2) is 47.3 Å². The van der Waals surface area contributed by atoms with Gasteiger partial charge in [-0.15, -0.1) is 0 Å². The van der Waals surface area contributed by atoms with Gasteiger partial charge in [0.25, 0.3) is 11.5 Å². The molecule has 1 heterocycles. The van der Waals surface area contributed by atoms with E-state index in [1.165, 1.54) is 4.57 Å². The van der Waals surface area contributed by atoms with Gasteiger partial charge in [-0.25, -0.2) is 13.8 Å². The van der Waals surface area contributed by atoms with Crippen LogP contribution < -0.4 is 16.4 Å². The number of hydrazine groups is 1. The van der Waals surface area contributed by atoms with Crippen molar-refractivity contribution >= 4 is 22.8 Å². The predicted octanol–water partition coefficient (Wildman–Crippen LogP) is 2.45. The number of carbonyl (C=O) groups is 1. The number of para-hydroxylation sites is 1. The maximum absolute atomic E-state index is 13.6. The molecule has 8 heteroatoms. The number of hydrogen-bond donors (Lipinski definition) is 2. The highest BCUT2D eigenvalue weighted by Crippen LogP contribution is 2.12. The summed E-state index contributed by atoms with van der Waals surface area (Å²) in [7, 11) is 0. The van der Waals surface area contributed by atoms with Gasteiger partial charge in [-0.2, -0.15) is 0 Å². The van der Waals surface area contributed by atoms with Crippen molar-refractivity contribution in [3.63, 3.8) is 0 Å². The fraction of sp³-hybridized carbons (Fsp3) is 0.118. The van der Waals surface area contributed by atoms with Crippen molar-refractivity contribution in [2.45, 2.75) is 13.5 Å². The summed E-state index contributed by atoms with van der Waals surface area (Å²) in [6.45, 7) is 2.06. The number of halogens is 2. The van der Waals surface area contributed by atoms with Crippen LogP contribution in [0, 0.1) is 11.6 Å². The van der Waals surface area contributed by atoms with Crippen LogP contribution in [0.1, 0.15) is 17.3 Å². The van der Waals surface area contributed by atoms with Gasteiger partial charge in [0.05, 0.1) is 16.5 Å². The monoisotopic (exact) mass is 344 g/mol. The van der Waals surface area contributed by atoms with Crippen molar-refractivity contribution in [1.82, 2.24) is 15.0 Å². The molecule has 0 saturated heterocycles. The topological polar surface area (TPSA) is 76.0 Å². The predicted molar refractivity (Wildman–Crippen MR) is 89.1 cm³/mol. The van der Waals surface area contributed by atoms with Crippen LogP contribution in [0.5, 0.6) is 0 Å². The van der Waals surface area contributed by atoms with Gasteiger partial charge in [-0.3, -0.25) is 25.0 Å². The van der Waals surface area contributed by atoms with E-state index >= 15 is 0 Å². The van der Waals surface area contributed by atoms with E-state index in [4.69, 9.17) is 0 Å². The van der Waals surface area contributed by atoms with E-state index in [2.05, 4.69) is 15.8 Å². The van der Waals surface area contributed by atoms with Crippen LogP contribution in [0.25, 0.3) is 10.9 Å². The minimum atomic E-state index is -0.887. The first-order valence-electron chi connectivity index (χ1n) is 7.52. The van der Waals surface area contributed by atoms with E-state index in [0.717, 1.165) is 18.2 Å². The number of anilines is 1. The molecular weight excluding hydrogens is 330 g/mol. The van der Waals surface area contributed by atoms with Gasteiger partial charge in [-0.05, 0) is 37.3 Å². The van der Waals surface area contributed by atoms with E-state index in [1.54, 1.807) is 31.2 Å². The maximum atomic E-state index is 13.6. The summed E-state index contributed by atoms with van der Waals surface area (Å²) in [5.41, 5.74) is 4.45. The fourth-order valence-corrected chi connectivity index (χ4v) is 2.41. The number of hydrogen-bond acceptors (Lipinski definition) is 4. The highest BCUT2D eigenvalue weighted by atomic mass is 19.1. The zero-order valence-corrected chi connectivity index (χ0v) is 13.2. The molecule has 3 rings (SSSR count). The van der Waals surface area contributed by atoms with Gasteiger partial charge < -0.3 is 0 Å². The summed E-state index contributed by atoms with van der Waals surface area (Å²) in [5.74, 6) is -2.39. The highest BCUT2D eigenvalue weighted by molar-refractivity contribution is 5.95. The lowest BCUT2D eigenvalue weighted by Crippen LogP contribution is -2.34. The van der Waals surface area contributed by atoms with E-state index in [1.807, 2.05) is 0 Å². The number of nitrogens with zero attached hydrogens (tertiary/aromatic N) is 2. The van der Waals surface area contributed by atoms with Crippen molar-refractivity contribution in [1.29, 1.82) is 0 Å². The second kappa shape index (κ2) is 6.68. The average molecular weight is 344 g/mol. The molecule has 0 atom stereocenters. The van der Waals surface area contributed by atoms with Crippen molar-refractivity contribution in [2.75, 3.05) is 5.43 Å². The molecule has 2 N–H and O–H groups in total. The van der Waals surface area contributed by atoms with Crippen LogP contribution >= 0.6 is 0 Å². The van der Waals surface area contributed by atoms with Gasteiger partial charge in [0, 0.05) is 6.54 Å². The van der Waals surface area contributed by atoms with Crippen LogP contribution in [0.2, 0.25) is 0 Å². The molecule has 6 nitrogen and oxygen atoms in total. The Bertz CT molecular complexity index is 1020. The van der Waals surface area contributed by atoms with E-state index in [9.17, 15) is 18.4 Å². The molecular formula is C17H14F2N4O2. The van der Waals surface area contributed by atoms with Gasteiger partial charge >= 0.3 is 0 Å². The maximum Gasteiger partial charge on any atom is 0.272 e. The standard InChI is InChI=1S/C17H14F2N4O2/c1-2-23-16(25)11-5-3-4-6-14(11)20-17(23)22-21-15(24)12-9-10(18)7-8-13(12)19/h3-9H,2H2,1H3,(H,20,22)(H,21,24). The van der Waals surface area contributed by atoms with Crippen molar-refractivity contribution in [3.05, 3.63) is 70.0 Å². The molecule has 0 radical (unpaired) electrons. The summed E-state index contributed by atoms with van der Waals surface area (Å²) >= 11 is 0. The van der Waals surface area contributed by atoms with Gasteiger partial charge in [0.15, 0.2) is 0 Å². The minimum absolute atomic E-state index is 0.0939. The Hall–Kier alpha value is -3.29. The SMILES string of the molecule is CCn1c(NNC(=O)c2cc(F)ccc2F)nc2ccccc2c1=O. The van der Waals surface area contributed by atoms with Crippen LogP contribution in [0.3, 0.4) is 0 Å². The lowest BCUT2D eigenvalue weighted by Gasteiger charge is -2.14. The Morgan fingerprint density at radius 2 is 1.96 bits per heavy atom. The zero-order valence-electron chi connectivity index (χ0n) is 13.2. The Morgan fingerprint density at radius 1 is 1.20 bits per heavy atom. The summed E-state index contributed by atoms with van der Waals surface area (Å²) in [6, 6.07) is 9.34. The molecule has 1 aromatic heterocycles. The van der Waals surface area contributed by atoms with Crippen LogP contribution in [0.4, 0.5) is 14.7 Å². The first kappa shape index (κ1) is 16.6. The van der Waals surface area contributed by atoms with Gasteiger partial charge in [0.1, 0.15) is 11.6 Å². The molecule has 3 aromatic rings. The first-order chi connectivity index (χ1) is 12.0. The molecule has 0 fully saturated rings. The number of rotatable bonds is 4. The molecule has 0 saturated carbocycles. The smallest absolute Gasteiger partial charge is 0.272 e. The Morgan fingerprint density at radius 3 is 2.72 bits per heavy atom. The zero-order chi connectivity index (χ0) is 18.0. The third-order valence-corrected chi connectivity index (χ3v) is 3.64. The third kappa shape index (κ3) is 3.18. The quantitative estimate of drug-likeness (QED) is 0.713. The summed E-state index contributed by atoms with van der Waals surface area (Å²) in [6.07, 6.45) is 0. The number of carbonyl (C=O) groups excluding carboxylic acids is 1. The molecule has 0 spiro atoms. The first-order valence-corrected chi connectivity index (χ1v) is 7.52. The van der Waals surface area contributed by atoms with Crippen molar-refractivity contribution < 1.29 is 13.6 Å². The Labute approximate surface area is 141 Å². The van der Waals surface area contributed by atoms with E-state index in [-0.39, 0.29) is 11.5 Å².